The van der Waals surface area contributed by atoms with Gasteiger partial charge in [-0.3, -0.25) is 19.2 Å². The highest BCUT2D eigenvalue weighted by Crippen LogP contribution is 2.48. The SMILES string of the molecule is CC(=O)NCC1CC2(C1)CN(C(C)C)C(=O)c1c(O)c(=O)c(C(=O)CCc3ccc(F)cc3F)cn12. The van der Waals surface area contributed by atoms with E-state index in [2.05, 4.69) is 5.32 Å². The maximum atomic E-state index is 14.0. The molecule has 192 valence electrons. The minimum absolute atomic E-state index is 0.0586. The van der Waals surface area contributed by atoms with E-state index in [0.29, 0.717) is 25.9 Å². The predicted molar refractivity (Wildman–Crippen MR) is 127 cm³/mol. The Balaban J connectivity index is 1.68. The summed E-state index contributed by atoms with van der Waals surface area (Å²) in [6.07, 6.45) is 2.20. The van der Waals surface area contributed by atoms with Crippen LogP contribution in [0.4, 0.5) is 8.78 Å². The van der Waals surface area contributed by atoms with E-state index < -0.39 is 40.0 Å². The highest BCUT2D eigenvalue weighted by atomic mass is 19.1. The van der Waals surface area contributed by atoms with Gasteiger partial charge in [0, 0.05) is 44.7 Å². The molecule has 1 saturated carbocycles. The van der Waals surface area contributed by atoms with Gasteiger partial charge in [0.15, 0.2) is 17.2 Å². The second-order valence-corrected chi connectivity index (χ2v) is 10.1. The van der Waals surface area contributed by atoms with E-state index in [1.54, 1.807) is 9.47 Å². The van der Waals surface area contributed by atoms with Crippen LogP contribution in [0, 0.1) is 17.6 Å². The first-order chi connectivity index (χ1) is 16.9. The monoisotopic (exact) mass is 501 g/mol. The Kier molecular flexibility index (Phi) is 6.72. The first-order valence-corrected chi connectivity index (χ1v) is 11.9. The number of carbonyl (C=O) groups is 3. The molecule has 2 aromatic rings. The fraction of sp³-hybridized carbons (Fsp3) is 0.462. The molecular weight excluding hydrogens is 472 g/mol. The molecule has 8 nitrogen and oxygen atoms in total. The third-order valence-electron chi connectivity index (χ3n) is 7.16. The maximum Gasteiger partial charge on any atom is 0.274 e. The zero-order chi connectivity index (χ0) is 26.4. The molecule has 0 saturated heterocycles. The van der Waals surface area contributed by atoms with Gasteiger partial charge in [-0.2, -0.15) is 0 Å². The molecule has 0 unspecified atom stereocenters. The van der Waals surface area contributed by atoms with Gasteiger partial charge in [0.05, 0.1) is 11.1 Å². The van der Waals surface area contributed by atoms with Crippen LogP contribution in [-0.2, 0) is 16.8 Å². The third-order valence-corrected chi connectivity index (χ3v) is 7.16. The molecule has 1 fully saturated rings. The molecular formula is C26H29F2N3O5. The van der Waals surface area contributed by atoms with Gasteiger partial charge in [0.2, 0.25) is 11.3 Å². The number of aryl methyl sites for hydroxylation is 1. The minimum atomic E-state index is -0.950. The van der Waals surface area contributed by atoms with Gasteiger partial charge in [-0.15, -0.1) is 0 Å². The van der Waals surface area contributed by atoms with Gasteiger partial charge in [0.25, 0.3) is 5.91 Å². The topological polar surface area (TPSA) is 109 Å². The van der Waals surface area contributed by atoms with E-state index in [1.807, 2.05) is 13.8 Å². The van der Waals surface area contributed by atoms with Crippen molar-refractivity contribution in [2.45, 2.75) is 58.0 Å². The Bertz CT molecular complexity index is 1300. The van der Waals surface area contributed by atoms with Crippen LogP contribution in [-0.4, -0.2) is 51.3 Å². The van der Waals surface area contributed by atoms with Gasteiger partial charge < -0.3 is 19.9 Å². The summed E-state index contributed by atoms with van der Waals surface area (Å²) in [7, 11) is 0. The summed E-state index contributed by atoms with van der Waals surface area (Å²) in [5, 5.41) is 13.6. The van der Waals surface area contributed by atoms with Gasteiger partial charge in [-0.05, 0) is 50.7 Å². The number of benzene rings is 1. The normalized spacial score (nSPS) is 20.9. The van der Waals surface area contributed by atoms with E-state index in [4.69, 9.17) is 0 Å². The molecule has 2 aliphatic rings. The third kappa shape index (κ3) is 4.52. The number of ketones is 1. The van der Waals surface area contributed by atoms with Gasteiger partial charge in [-0.1, -0.05) is 6.07 Å². The molecule has 2 N–H and O–H groups in total. The lowest BCUT2D eigenvalue weighted by Gasteiger charge is -2.55. The molecule has 10 heteroatoms. The Labute approximate surface area is 206 Å². The van der Waals surface area contributed by atoms with Crippen molar-refractivity contribution in [3.05, 3.63) is 63.1 Å². The van der Waals surface area contributed by atoms with Crippen molar-refractivity contribution in [3.8, 4) is 5.75 Å². The first-order valence-electron chi connectivity index (χ1n) is 11.9. The van der Waals surface area contributed by atoms with Crippen molar-refractivity contribution in [3.63, 3.8) is 0 Å². The molecule has 1 aliphatic carbocycles. The van der Waals surface area contributed by atoms with Crippen LogP contribution in [0.1, 0.15) is 66.4 Å². The van der Waals surface area contributed by atoms with E-state index >= 15 is 0 Å². The number of amides is 2. The number of carbonyl (C=O) groups excluding carboxylic acids is 3. The molecule has 1 spiro atoms. The molecule has 2 amide bonds. The molecule has 4 rings (SSSR count). The summed E-state index contributed by atoms with van der Waals surface area (Å²) in [5.74, 6) is -3.43. The average Bonchev–Trinajstić information content (AvgIpc) is 2.78. The van der Waals surface area contributed by atoms with Crippen LogP contribution in [0.5, 0.6) is 5.75 Å². The lowest BCUT2D eigenvalue weighted by atomic mass is 9.66. The number of aromatic hydroxyl groups is 1. The van der Waals surface area contributed by atoms with Gasteiger partial charge in [-0.25, -0.2) is 8.78 Å². The van der Waals surface area contributed by atoms with Crippen molar-refractivity contribution in [2.75, 3.05) is 13.1 Å². The Morgan fingerprint density at radius 1 is 1.22 bits per heavy atom. The van der Waals surface area contributed by atoms with E-state index in [-0.39, 0.29) is 47.5 Å². The number of halogens is 2. The van der Waals surface area contributed by atoms with Crippen molar-refractivity contribution >= 4 is 17.6 Å². The van der Waals surface area contributed by atoms with Crippen LogP contribution < -0.4 is 10.7 Å². The summed E-state index contributed by atoms with van der Waals surface area (Å²) in [6, 6.07) is 2.88. The molecule has 1 aromatic carbocycles. The number of hydrogen-bond acceptors (Lipinski definition) is 5. The molecule has 0 atom stereocenters. The Hall–Kier alpha value is -3.56. The van der Waals surface area contributed by atoms with Crippen LogP contribution >= 0.6 is 0 Å². The highest BCUT2D eigenvalue weighted by molar-refractivity contribution is 6.00. The quantitative estimate of drug-likeness (QED) is 0.568. The van der Waals surface area contributed by atoms with Crippen molar-refractivity contribution in [2.24, 2.45) is 5.92 Å². The van der Waals surface area contributed by atoms with E-state index in [0.717, 1.165) is 12.1 Å². The van der Waals surface area contributed by atoms with Crippen molar-refractivity contribution in [1.29, 1.82) is 0 Å². The molecule has 2 heterocycles. The number of nitrogens with zero attached hydrogens (tertiary/aromatic N) is 2. The fourth-order valence-electron chi connectivity index (χ4n) is 5.28. The zero-order valence-corrected chi connectivity index (χ0v) is 20.4. The summed E-state index contributed by atoms with van der Waals surface area (Å²) < 4.78 is 28.7. The maximum absolute atomic E-state index is 14.0. The molecule has 0 radical (unpaired) electrons. The van der Waals surface area contributed by atoms with Crippen LogP contribution in [0.3, 0.4) is 0 Å². The lowest BCUT2D eigenvalue weighted by molar-refractivity contribution is -0.119. The van der Waals surface area contributed by atoms with Gasteiger partial charge in [0.1, 0.15) is 11.6 Å². The van der Waals surface area contributed by atoms with Crippen molar-refractivity contribution in [1.82, 2.24) is 14.8 Å². The van der Waals surface area contributed by atoms with E-state index in [9.17, 15) is 33.1 Å². The standard InChI is InChI=1S/C26H29F2N3O5/c1-14(2)30-13-26(9-16(10-26)11-29-15(3)32)31-12-19(23(34)24(35)22(31)25(30)36)21(33)7-5-17-4-6-18(27)8-20(17)28/h4,6,8,12,14,16,35H,5,7,9-11,13H2,1-3H3,(H,29,32). The highest BCUT2D eigenvalue weighted by Gasteiger charge is 2.52. The molecule has 36 heavy (non-hydrogen) atoms. The van der Waals surface area contributed by atoms with Crippen LogP contribution in [0.2, 0.25) is 0 Å². The zero-order valence-electron chi connectivity index (χ0n) is 20.4. The lowest BCUT2D eigenvalue weighted by Crippen LogP contribution is -2.62. The number of pyridine rings is 1. The summed E-state index contributed by atoms with van der Waals surface area (Å²) in [5.41, 5.74) is -1.90. The second kappa shape index (κ2) is 9.48. The van der Waals surface area contributed by atoms with Gasteiger partial charge >= 0.3 is 0 Å². The summed E-state index contributed by atoms with van der Waals surface area (Å²) >= 11 is 0. The van der Waals surface area contributed by atoms with Crippen LogP contribution in [0.25, 0.3) is 0 Å². The Morgan fingerprint density at radius 2 is 1.92 bits per heavy atom. The second-order valence-electron chi connectivity index (χ2n) is 10.1. The summed E-state index contributed by atoms with van der Waals surface area (Å²) in [4.78, 5) is 52.1. The molecule has 1 aliphatic heterocycles. The fourth-order valence-corrected chi connectivity index (χ4v) is 5.28. The number of rotatable bonds is 7. The molecule has 0 bridgehead atoms. The minimum Gasteiger partial charge on any atom is -0.503 e. The summed E-state index contributed by atoms with van der Waals surface area (Å²) in [6.45, 7) is 5.92. The Morgan fingerprint density at radius 3 is 2.53 bits per heavy atom. The van der Waals surface area contributed by atoms with Crippen molar-refractivity contribution < 1.29 is 28.3 Å². The number of nitrogens with one attached hydrogen (secondary N) is 1. The number of hydrogen-bond donors (Lipinski definition) is 2. The first kappa shape index (κ1) is 25.5. The van der Waals surface area contributed by atoms with E-state index in [1.165, 1.54) is 19.2 Å². The molecule has 1 aromatic heterocycles. The smallest absolute Gasteiger partial charge is 0.274 e. The van der Waals surface area contributed by atoms with Crippen LogP contribution in [0.15, 0.2) is 29.2 Å². The number of fused-ring (bicyclic) bond motifs is 2. The predicted octanol–water partition coefficient (Wildman–Crippen LogP) is 2.75. The number of Topliss-reactive ketones (excluding diaryl/α,β-unsaturated/α-hetero) is 1. The average molecular weight is 502 g/mol. The number of aromatic nitrogens is 1. The largest absolute Gasteiger partial charge is 0.503 e.